The zero-order chi connectivity index (χ0) is 23.5. The molecule has 2 atom stereocenters. The van der Waals surface area contributed by atoms with E-state index in [-0.39, 0.29) is 65.7 Å². The Kier molecular flexibility index (Phi) is 7.76. The highest BCUT2D eigenvalue weighted by molar-refractivity contribution is 7.89. The molecule has 0 N–H and O–H groups in total. The van der Waals surface area contributed by atoms with Gasteiger partial charge in [-0.3, -0.25) is 4.79 Å². The van der Waals surface area contributed by atoms with Crippen molar-refractivity contribution in [1.29, 1.82) is 0 Å². The fourth-order valence-electron chi connectivity index (χ4n) is 3.45. The van der Waals surface area contributed by atoms with Gasteiger partial charge < -0.3 is 14.4 Å². The SMILES string of the molecule is CC1CN(S(=O)(=O)c2cc(C(=O)N(C)CCOc3ccc(F)cc3)ccc2Cl)CC(C)O1. The number of halogens is 2. The second kappa shape index (κ2) is 10.2. The molecule has 2 aromatic carbocycles. The number of nitrogens with zero attached hydrogens (tertiary/aromatic N) is 2. The van der Waals surface area contributed by atoms with Crippen molar-refractivity contribution in [2.75, 3.05) is 33.3 Å². The van der Waals surface area contributed by atoms with Gasteiger partial charge in [0.05, 0.1) is 23.8 Å². The summed E-state index contributed by atoms with van der Waals surface area (Å²) in [6.45, 7) is 4.48. The van der Waals surface area contributed by atoms with Crippen molar-refractivity contribution in [1.82, 2.24) is 9.21 Å². The van der Waals surface area contributed by atoms with Crippen LogP contribution in [0.25, 0.3) is 0 Å². The summed E-state index contributed by atoms with van der Waals surface area (Å²) >= 11 is 6.21. The number of sulfonamides is 1. The molecule has 0 radical (unpaired) electrons. The zero-order valence-corrected chi connectivity index (χ0v) is 19.7. The summed E-state index contributed by atoms with van der Waals surface area (Å²) in [4.78, 5) is 14.2. The molecule has 174 valence electrons. The van der Waals surface area contributed by atoms with E-state index < -0.39 is 10.0 Å². The smallest absolute Gasteiger partial charge is 0.253 e. The van der Waals surface area contributed by atoms with E-state index in [1.54, 1.807) is 7.05 Å². The van der Waals surface area contributed by atoms with Gasteiger partial charge in [-0.1, -0.05) is 11.6 Å². The number of carbonyl (C=O) groups is 1. The molecule has 1 amide bonds. The predicted molar refractivity (Wildman–Crippen MR) is 119 cm³/mol. The van der Waals surface area contributed by atoms with E-state index in [0.29, 0.717) is 5.75 Å². The number of hydrogen-bond donors (Lipinski definition) is 0. The quantitative estimate of drug-likeness (QED) is 0.602. The summed E-state index contributed by atoms with van der Waals surface area (Å²) in [6, 6.07) is 9.79. The number of likely N-dealkylation sites (N-methyl/N-ethyl adjacent to an activating group) is 1. The van der Waals surface area contributed by atoms with Gasteiger partial charge in [0.25, 0.3) is 5.91 Å². The fourth-order valence-corrected chi connectivity index (χ4v) is 5.54. The van der Waals surface area contributed by atoms with Crippen LogP contribution in [0.4, 0.5) is 4.39 Å². The summed E-state index contributed by atoms with van der Waals surface area (Å²) in [7, 11) is -2.31. The Bertz CT molecular complexity index is 1050. The maximum absolute atomic E-state index is 13.2. The minimum absolute atomic E-state index is 0.0515. The van der Waals surface area contributed by atoms with Gasteiger partial charge in [0.1, 0.15) is 23.1 Å². The standard InChI is InChI=1S/C22H26ClFN2O5S/c1-15-13-26(14-16(2)31-15)32(28,29)21-12-17(4-9-20(21)23)22(27)25(3)10-11-30-19-7-5-18(24)6-8-19/h4-9,12,15-16H,10-11,13-14H2,1-3H3. The van der Waals surface area contributed by atoms with Crippen molar-refractivity contribution >= 4 is 27.5 Å². The summed E-state index contributed by atoms with van der Waals surface area (Å²) in [5, 5.41) is 0.0515. The molecular weight excluding hydrogens is 459 g/mol. The fraction of sp³-hybridized carbons (Fsp3) is 0.409. The monoisotopic (exact) mass is 484 g/mol. The normalized spacial score (nSPS) is 19.5. The Morgan fingerprint density at radius 1 is 1.19 bits per heavy atom. The van der Waals surface area contributed by atoms with Crippen LogP contribution in [0.2, 0.25) is 5.02 Å². The van der Waals surface area contributed by atoms with Crippen LogP contribution in [0.3, 0.4) is 0 Å². The van der Waals surface area contributed by atoms with Gasteiger partial charge in [-0.05, 0) is 56.3 Å². The third kappa shape index (κ3) is 5.78. The molecule has 0 aromatic heterocycles. The molecule has 7 nitrogen and oxygen atoms in total. The Labute approximate surface area is 192 Å². The third-order valence-corrected chi connectivity index (χ3v) is 7.35. The lowest BCUT2D eigenvalue weighted by Gasteiger charge is -2.34. The van der Waals surface area contributed by atoms with Gasteiger partial charge in [-0.25, -0.2) is 12.8 Å². The van der Waals surface area contributed by atoms with E-state index in [1.807, 2.05) is 13.8 Å². The predicted octanol–water partition coefficient (Wildman–Crippen LogP) is 3.43. The Morgan fingerprint density at radius 2 is 1.81 bits per heavy atom. The van der Waals surface area contributed by atoms with Crippen LogP contribution >= 0.6 is 11.6 Å². The van der Waals surface area contributed by atoms with Gasteiger partial charge in [0, 0.05) is 25.7 Å². The first-order valence-corrected chi connectivity index (χ1v) is 12.0. The lowest BCUT2D eigenvalue weighted by atomic mass is 10.2. The summed E-state index contributed by atoms with van der Waals surface area (Å²) in [5.41, 5.74) is 0.201. The topological polar surface area (TPSA) is 76.2 Å². The van der Waals surface area contributed by atoms with Gasteiger partial charge in [-0.2, -0.15) is 4.31 Å². The van der Waals surface area contributed by atoms with Crippen molar-refractivity contribution in [2.24, 2.45) is 0 Å². The molecule has 1 aliphatic rings. The van der Waals surface area contributed by atoms with Crippen molar-refractivity contribution in [3.05, 3.63) is 58.9 Å². The Hall–Kier alpha value is -2.20. The highest BCUT2D eigenvalue weighted by atomic mass is 35.5. The van der Waals surface area contributed by atoms with Crippen LogP contribution in [0.15, 0.2) is 47.4 Å². The van der Waals surface area contributed by atoms with E-state index in [4.69, 9.17) is 21.1 Å². The number of hydrogen-bond acceptors (Lipinski definition) is 5. The van der Waals surface area contributed by atoms with Gasteiger partial charge in [-0.15, -0.1) is 0 Å². The van der Waals surface area contributed by atoms with Gasteiger partial charge >= 0.3 is 0 Å². The number of carbonyl (C=O) groups excluding carboxylic acids is 1. The molecule has 10 heteroatoms. The molecule has 0 spiro atoms. The largest absolute Gasteiger partial charge is 0.492 e. The van der Waals surface area contributed by atoms with E-state index in [1.165, 1.54) is 51.7 Å². The summed E-state index contributed by atoms with van der Waals surface area (Å²) in [5.74, 6) is -0.246. The Morgan fingerprint density at radius 3 is 2.44 bits per heavy atom. The van der Waals surface area contributed by atoms with Crippen molar-refractivity contribution in [3.8, 4) is 5.75 Å². The van der Waals surface area contributed by atoms with E-state index in [0.717, 1.165) is 0 Å². The highest BCUT2D eigenvalue weighted by Gasteiger charge is 2.34. The first-order valence-electron chi connectivity index (χ1n) is 10.2. The number of benzene rings is 2. The van der Waals surface area contributed by atoms with Crippen LogP contribution in [0.1, 0.15) is 24.2 Å². The maximum Gasteiger partial charge on any atom is 0.253 e. The van der Waals surface area contributed by atoms with Crippen molar-refractivity contribution in [2.45, 2.75) is 31.0 Å². The summed E-state index contributed by atoms with van der Waals surface area (Å²) < 4.78 is 51.9. The van der Waals surface area contributed by atoms with E-state index in [2.05, 4.69) is 0 Å². The molecule has 0 saturated carbocycles. The number of morpholine rings is 1. The molecule has 0 bridgehead atoms. The minimum Gasteiger partial charge on any atom is -0.492 e. The van der Waals surface area contributed by atoms with Gasteiger partial charge in [0.15, 0.2) is 0 Å². The average molecular weight is 485 g/mol. The molecule has 2 aromatic rings. The van der Waals surface area contributed by atoms with Crippen molar-refractivity contribution in [3.63, 3.8) is 0 Å². The number of amides is 1. The number of ether oxygens (including phenoxy) is 2. The molecular formula is C22H26ClFN2O5S. The van der Waals surface area contributed by atoms with Crippen LogP contribution < -0.4 is 4.74 Å². The van der Waals surface area contributed by atoms with Crippen LogP contribution in [-0.4, -0.2) is 69.0 Å². The minimum atomic E-state index is -3.90. The van der Waals surface area contributed by atoms with Crippen LogP contribution in [-0.2, 0) is 14.8 Å². The van der Waals surface area contributed by atoms with E-state index in [9.17, 15) is 17.6 Å². The first kappa shape index (κ1) is 24.4. The lowest BCUT2D eigenvalue weighted by molar-refractivity contribution is -0.0440. The molecule has 1 heterocycles. The van der Waals surface area contributed by atoms with Crippen LogP contribution in [0.5, 0.6) is 5.75 Å². The molecule has 2 unspecified atom stereocenters. The molecule has 3 rings (SSSR count). The second-order valence-electron chi connectivity index (χ2n) is 7.75. The van der Waals surface area contributed by atoms with Crippen molar-refractivity contribution < 1.29 is 27.1 Å². The Balaban J connectivity index is 1.71. The average Bonchev–Trinajstić information content (AvgIpc) is 2.74. The third-order valence-electron chi connectivity index (χ3n) is 5.04. The lowest BCUT2D eigenvalue weighted by Crippen LogP contribution is -2.48. The zero-order valence-electron chi connectivity index (χ0n) is 18.1. The summed E-state index contributed by atoms with van der Waals surface area (Å²) in [6.07, 6.45) is -0.492. The first-order chi connectivity index (χ1) is 15.1. The molecule has 32 heavy (non-hydrogen) atoms. The highest BCUT2D eigenvalue weighted by Crippen LogP contribution is 2.28. The second-order valence-corrected chi connectivity index (χ2v) is 10.1. The molecule has 1 saturated heterocycles. The van der Waals surface area contributed by atoms with Gasteiger partial charge in [0.2, 0.25) is 10.0 Å². The number of rotatable bonds is 7. The maximum atomic E-state index is 13.2. The molecule has 0 aliphatic carbocycles. The van der Waals surface area contributed by atoms with E-state index >= 15 is 0 Å². The molecule has 1 aliphatic heterocycles. The van der Waals surface area contributed by atoms with Crippen LogP contribution in [0, 0.1) is 5.82 Å². The molecule has 1 fully saturated rings.